The lowest BCUT2D eigenvalue weighted by atomic mass is 10.2. The molecule has 0 saturated carbocycles. The molecule has 1 rings (SSSR count). The second kappa shape index (κ2) is 6.31. The third kappa shape index (κ3) is 4.08. The summed E-state index contributed by atoms with van der Waals surface area (Å²) in [6.45, 7) is -0.241. The summed E-state index contributed by atoms with van der Waals surface area (Å²) in [5, 5.41) is 0.667. The largest absolute Gasteiger partial charge is 0.348 e. The zero-order valence-electron chi connectivity index (χ0n) is 10.2. The Hall–Kier alpha value is -0.920. The number of hydrogen-bond donors (Lipinski definition) is 1. The highest BCUT2D eigenvalue weighted by Gasteiger charge is 2.15. The summed E-state index contributed by atoms with van der Waals surface area (Å²) in [5.41, 5.74) is 0.985. The number of nitrogens with zero attached hydrogens (tertiary/aromatic N) is 1. The van der Waals surface area contributed by atoms with E-state index in [1.165, 1.54) is 17.0 Å². The number of carbonyl (C=O) groups excluding carboxylic acids is 1. The maximum Gasteiger partial charge on any atom is 0.241 e. The molecule has 0 heterocycles. The minimum absolute atomic E-state index is 0.152. The van der Waals surface area contributed by atoms with Gasteiger partial charge in [-0.1, -0.05) is 28.1 Å². The zero-order valence-corrected chi connectivity index (χ0v) is 12.6. The molecule has 0 saturated heterocycles. The normalized spacial score (nSPS) is 11.3. The van der Waals surface area contributed by atoms with Crippen LogP contribution in [0.4, 0.5) is 0 Å². The Kier molecular flexibility index (Phi) is 5.30. The fraction of sp³-hybridized carbons (Fsp3) is 0.364. The molecule has 0 fully saturated rings. The standard InChI is InChI=1S/C11H15BrN2O3S/c1-14(2)11(15)8-13-18(16,17)10-5-3-9(7-12)4-6-10/h3-6,13H,7-8H2,1-2H3. The van der Waals surface area contributed by atoms with E-state index in [4.69, 9.17) is 0 Å². The van der Waals surface area contributed by atoms with Gasteiger partial charge in [0.05, 0.1) is 11.4 Å². The Bertz CT molecular complexity index is 512. The predicted octanol–water partition coefficient (Wildman–Crippen LogP) is 0.948. The van der Waals surface area contributed by atoms with Gasteiger partial charge in [-0.05, 0) is 17.7 Å². The van der Waals surface area contributed by atoms with Crippen LogP contribution in [-0.2, 0) is 20.1 Å². The summed E-state index contributed by atoms with van der Waals surface area (Å²) in [6, 6.07) is 6.46. The molecule has 1 N–H and O–H groups in total. The quantitative estimate of drug-likeness (QED) is 0.815. The minimum Gasteiger partial charge on any atom is -0.348 e. The number of amides is 1. The molecule has 0 spiro atoms. The van der Waals surface area contributed by atoms with E-state index in [0.717, 1.165) is 5.56 Å². The molecule has 0 atom stereocenters. The Morgan fingerprint density at radius 1 is 1.28 bits per heavy atom. The molecule has 5 nitrogen and oxygen atoms in total. The fourth-order valence-corrected chi connectivity index (χ4v) is 2.50. The molecule has 100 valence electrons. The molecular weight excluding hydrogens is 320 g/mol. The molecule has 18 heavy (non-hydrogen) atoms. The lowest BCUT2D eigenvalue weighted by molar-refractivity contribution is -0.127. The summed E-state index contributed by atoms with van der Waals surface area (Å²) in [6.07, 6.45) is 0. The van der Waals surface area contributed by atoms with Crippen LogP contribution in [0, 0.1) is 0 Å². The third-order valence-corrected chi connectivity index (χ3v) is 4.36. The van der Waals surface area contributed by atoms with Gasteiger partial charge in [-0.25, -0.2) is 13.1 Å². The van der Waals surface area contributed by atoms with Crippen LogP contribution >= 0.6 is 15.9 Å². The number of sulfonamides is 1. The first kappa shape index (κ1) is 15.1. The molecule has 7 heteroatoms. The van der Waals surface area contributed by atoms with E-state index in [1.807, 2.05) is 0 Å². The van der Waals surface area contributed by atoms with E-state index in [-0.39, 0.29) is 17.3 Å². The first-order chi connectivity index (χ1) is 8.36. The highest BCUT2D eigenvalue weighted by molar-refractivity contribution is 9.08. The molecule has 1 aromatic carbocycles. The van der Waals surface area contributed by atoms with Crippen molar-refractivity contribution in [2.75, 3.05) is 20.6 Å². The number of hydrogen-bond acceptors (Lipinski definition) is 3. The molecule has 0 aromatic heterocycles. The molecule has 0 aliphatic rings. The van der Waals surface area contributed by atoms with Gasteiger partial charge in [-0.15, -0.1) is 0 Å². The highest BCUT2D eigenvalue weighted by Crippen LogP contribution is 2.12. The predicted molar refractivity (Wildman–Crippen MR) is 73.0 cm³/mol. The third-order valence-electron chi connectivity index (χ3n) is 2.30. The first-order valence-corrected chi connectivity index (χ1v) is 7.82. The summed E-state index contributed by atoms with van der Waals surface area (Å²) in [5.74, 6) is -0.296. The maximum atomic E-state index is 11.9. The van der Waals surface area contributed by atoms with E-state index in [1.54, 1.807) is 26.2 Å². The van der Waals surface area contributed by atoms with Crippen molar-refractivity contribution in [2.24, 2.45) is 0 Å². The average Bonchev–Trinajstić information content (AvgIpc) is 2.36. The Morgan fingerprint density at radius 2 is 1.83 bits per heavy atom. The first-order valence-electron chi connectivity index (χ1n) is 5.21. The number of benzene rings is 1. The van der Waals surface area contributed by atoms with E-state index < -0.39 is 10.0 Å². The van der Waals surface area contributed by atoms with Crippen molar-refractivity contribution in [3.63, 3.8) is 0 Å². The molecule has 0 unspecified atom stereocenters. The lowest BCUT2D eigenvalue weighted by Crippen LogP contribution is -2.36. The maximum absolute atomic E-state index is 11.9. The number of halogens is 1. The minimum atomic E-state index is -3.63. The van der Waals surface area contributed by atoms with Gasteiger partial charge in [-0.2, -0.15) is 0 Å². The van der Waals surface area contributed by atoms with Gasteiger partial charge in [0.2, 0.25) is 15.9 Å². The molecule has 0 aliphatic heterocycles. The summed E-state index contributed by atoms with van der Waals surface area (Å²) in [4.78, 5) is 12.8. The Labute approximate surface area is 115 Å². The lowest BCUT2D eigenvalue weighted by Gasteiger charge is -2.11. The Morgan fingerprint density at radius 3 is 2.28 bits per heavy atom. The molecule has 1 aromatic rings. The topological polar surface area (TPSA) is 66.5 Å². The van der Waals surface area contributed by atoms with Crippen LogP contribution in [0.2, 0.25) is 0 Å². The second-order valence-corrected chi connectivity index (χ2v) is 6.22. The Balaban J connectivity index is 2.77. The van der Waals surface area contributed by atoms with Crippen LogP contribution in [0.15, 0.2) is 29.2 Å². The molecule has 0 radical (unpaired) electrons. The molecule has 1 amide bonds. The van der Waals surface area contributed by atoms with Crippen LogP contribution in [0.25, 0.3) is 0 Å². The summed E-state index contributed by atoms with van der Waals surface area (Å²) in [7, 11) is -0.485. The summed E-state index contributed by atoms with van der Waals surface area (Å²) >= 11 is 3.28. The van der Waals surface area contributed by atoms with Gasteiger partial charge >= 0.3 is 0 Å². The van der Waals surface area contributed by atoms with Crippen molar-refractivity contribution >= 4 is 31.9 Å². The van der Waals surface area contributed by atoms with E-state index >= 15 is 0 Å². The molecule has 0 aliphatic carbocycles. The van der Waals surface area contributed by atoms with Crippen molar-refractivity contribution in [1.82, 2.24) is 9.62 Å². The number of alkyl halides is 1. The number of carbonyl (C=O) groups is 1. The molecular formula is C11H15BrN2O3S. The van der Waals surface area contributed by atoms with Crippen LogP contribution in [-0.4, -0.2) is 39.9 Å². The van der Waals surface area contributed by atoms with Crippen LogP contribution in [0.3, 0.4) is 0 Å². The smallest absolute Gasteiger partial charge is 0.241 e. The summed E-state index contributed by atoms with van der Waals surface area (Å²) < 4.78 is 26.0. The van der Waals surface area contributed by atoms with Crippen LogP contribution in [0.1, 0.15) is 5.56 Å². The van der Waals surface area contributed by atoms with E-state index in [9.17, 15) is 13.2 Å². The van der Waals surface area contributed by atoms with Crippen molar-refractivity contribution in [2.45, 2.75) is 10.2 Å². The zero-order chi connectivity index (χ0) is 13.8. The fourth-order valence-electron chi connectivity index (χ4n) is 1.16. The van der Waals surface area contributed by atoms with Gasteiger partial charge in [0.1, 0.15) is 0 Å². The number of rotatable bonds is 5. The van der Waals surface area contributed by atoms with Gasteiger partial charge in [-0.3, -0.25) is 4.79 Å². The van der Waals surface area contributed by atoms with E-state index in [2.05, 4.69) is 20.7 Å². The molecule has 0 bridgehead atoms. The number of likely N-dealkylation sites (N-methyl/N-ethyl adjacent to an activating group) is 1. The van der Waals surface area contributed by atoms with Gasteiger partial charge in [0.15, 0.2) is 0 Å². The van der Waals surface area contributed by atoms with Gasteiger partial charge in [0, 0.05) is 19.4 Å². The van der Waals surface area contributed by atoms with Crippen molar-refractivity contribution in [3.8, 4) is 0 Å². The van der Waals surface area contributed by atoms with Gasteiger partial charge < -0.3 is 4.90 Å². The van der Waals surface area contributed by atoms with E-state index in [0.29, 0.717) is 5.33 Å². The van der Waals surface area contributed by atoms with Crippen LogP contribution in [0.5, 0.6) is 0 Å². The van der Waals surface area contributed by atoms with Crippen LogP contribution < -0.4 is 4.72 Å². The second-order valence-electron chi connectivity index (χ2n) is 3.89. The highest BCUT2D eigenvalue weighted by atomic mass is 79.9. The SMILES string of the molecule is CN(C)C(=O)CNS(=O)(=O)c1ccc(CBr)cc1. The number of nitrogens with one attached hydrogen (secondary N) is 1. The van der Waals surface area contributed by atoms with Crippen molar-refractivity contribution < 1.29 is 13.2 Å². The van der Waals surface area contributed by atoms with Crippen molar-refractivity contribution in [3.05, 3.63) is 29.8 Å². The average molecular weight is 335 g/mol. The van der Waals surface area contributed by atoms with Crippen molar-refractivity contribution in [1.29, 1.82) is 0 Å². The van der Waals surface area contributed by atoms with Gasteiger partial charge in [0.25, 0.3) is 0 Å². The monoisotopic (exact) mass is 334 g/mol.